The van der Waals surface area contributed by atoms with Crippen molar-refractivity contribution in [1.82, 2.24) is 20.4 Å². The molecule has 1 atom stereocenters. The molecular weight excluding hydrogens is 449 g/mol. The number of benzene rings is 2. The fourth-order valence-corrected chi connectivity index (χ4v) is 4.21. The molecule has 1 aliphatic carbocycles. The van der Waals surface area contributed by atoms with Crippen LogP contribution in [0.4, 0.5) is 13.2 Å². The lowest BCUT2D eigenvalue weighted by molar-refractivity contribution is -0.159. The Bertz CT molecular complexity index is 1160. The number of fused-ring (bicyclic) bond motifs is 1. The fraction of sp³-hybridized carbons (Fsp3) is 0.375. The predicted octanol–water partition coefficient (Wildman–Crippen LogP) is 3.98. The minimum Gasteiger partial charge on any atom is -0.496 e. The summed E-state index contributed by atoms with van der Waals surface area (Å²) in [6.45, 7) is 1.09. The van der Waals surface area contributed by atoms with Crippen LogP contribution in [0.25, 0.3) is 11.4 Å². The number of carbonyl (C=O) groups is 1. The van der Waals surface area contributed by atoms with Crippen LogP contribution in [0.1, 0.15) is 33.8 Å². The summed E-state index contributed by atoms with van der Waals surface area (Å²) in [5, 5.41) is 6.23. The molecule has 1 amide bonds. The number of ether oxygens (including phenoxy) is 1. The first kappa shape index (κ1) is 23.7. The van der Waals surface area contributed by atoms with Gasteiger partial charge in [-0.2, -0.15) is 18.2 Å². The van der Waals surface area contributed by atoms with Crippen LogP contribution in [0.3, 0.4) is 0 Å². The van der Waals surface area contributed by atoms with E-state index in [4.69, 9.17) is 4.74 Å². The molecule has 4 rings (SSSR count). The van der Waals surface area contributed by atoms with Gasteiger partial charge in [0.1, 0.15) is 5.75 Å². The number of methoxy groups -OCH3 is 1. The minimum absolute atomic E-state index is 0.226. The quantitative estimate of drug-likeness (QED) is 0.558. The normalized spacial score (nSPS) is 15.8. The SMILES string of the molecule is COc1cccc2c1CCC(N(C)CCNC(=O)c1cccc(-c3noc(C(F)(F)F)n3)c1)C2. The van der Waals surface area contributed by atoms with E-state index in [2.05, 4.69) is 30.9 Å². The Morgan fingerprint density at radius 2 is 2.06 bits per heavy atom. The molecule has 1 aromatic heterocycles. The third-order valence-electron chi connectivity index (χ3n) is 6.06. The maximum atomic E-state index is 12.7. The van der Waals surface area contributed by atoms with Crippen LogP contribution in [0.5, 0.6) is 5.75 Å². The Labute approximate surface area is 194 Å². The first-order valence-corrected chi connectivity index (χ1v) is 10.9. The van der Waals surface area contributed by atoms with E-state index in [0.717, 1.165) is 25.0 Å². The lowest BCUT2D eigenvalue weighted by Crippen LogP contribution is -2.41. The summed E-state index contributed by atoms with van der Waals surface area (Å²) in [5.74, 6) is -1.04. The Morgan fingerprint density at radius 1 is 1.26 bits per heavy atom. The second kappa shape index (κ2) is 9.84. The van der Waals surface area contributed by atoms with Crippen LogP contribution in [0.2, 0.25) is 0 Å². The predicted molar refractivity (Wildman–Crippen MR) is 119 cm³/mol. The van der Waals surface area contributed by atoms with Gasteiger partial charge in [-0.3, -0.25) is 4.79 Å². The molecule has 10 heteroatoms. The monoisotopic (exact) mass is 474 g/mol. The number of nitrogens with zero attached hydrogens (tertiary/aromatic N) is 3. The lowest BCUT2D eigenvalue weighted by atomic mass is 9.87. The van der Waals surface area contributed by atoms with Crippen molar-refractivity contribution in [3.05, 3.63) is 65.0 Å². The van der Waals surface area contributed by atoms with Gasteiger partial charge in [0.15, 0.2) is 0 Å². The molecule has 1 N–H and O–H groups in total. The highest BCUT2D eigenvalue weighted by atomic mass is 19.4. The Hall–Kier alpha value is -3.40. The third-order valence-corrected chi connectivity index (χ3v) is 6.06. The van der Waals surface area contributed by atoms with Crippen molar-refractivity contribution in [2.75, 3.05) is 27.2 Å². The number of nitrogens with one attached hydrogen (secondary N) is 1. The van der Waals surface area contributed by atoms with Crippen molar-refractivity contribution in [2.45, 2.75) is 31.5 Å². The van der Waals surface area contributed by atoms with Crippen LogP contribution in [0.15, 0.2) is 47.0 Å². The van der Waals surface area contributed by atoms with Gasteiger partial charge in [0, 0.05) is 30.3 Å². The molecule has 0 saturated heterocycles. The van der Waals surface area contributed by atoms with Crippen LogP contribution < -0.4 is 10.1 Å². The molecule has 3 aromatic rings. The molecule has 1 aliphatic rings. The van der Waals surface area contributed by atoms with Crippen molar-refractivity contribution in [3.63, 3.8) is 0 Å². The van der Waals surface area contributed by atoms with Gasteiger partial charge in [-0.05, 0) is 55.6 Å². The number of rotatable bonds is 7. The van der Waals surface area contributed by atoms with E-state index in [1.54, 1.807) is 19.2 Å². The highest BCUT2D eigenvalue weighted by molar-refractivity contribution is 5.95. The Kier molecular flexibility index (Phi) is 6.87. The summed E-state index contributed by atoms with van der Waals surface area (Å²) in [4.78, 5) is 18.2. The summed E-state index contributed by atoms with van der Waals surface area (Å²) in [5.41, 5.74) is 3.13. The van der Waals surface area contributed by atoms with Crippen molar-refractivity contribution < 1.29 is 27.2 Å². The summed E-state index contributed by atoms with van der Waals surface area (Å²) in [6, 6.07) is 12.6. The molecule has 2 aromatic carbocycles. The first-order valence-electron chi connectivity index (χ1n) is 10.9. The number of hydrogen-bond acceptors (Lipinski definition) is 6. The molecule has 1 unspecified atom stereocenters. The van der Waals surface area contributed by atoms with E-state index in [1.165, 1.54) is 23.3 Å². The van der Waals surface area contributed by atoms with Crippen molar-refractivity contribution >= 4 is 5.91 Å². The molecule has 180 valence electrons. The number of aromatic nitrogens is 2. The maximum Gasteiger partial charge on any atom is 0.471 e. The smallest absolute Gasteiger partial charge is 0.471 e. The second-order valence-electron chi connectivity index (χ2n) is 8.23. The van der Waals surface area contributed by atoms with Gasteiger partial charge in [0.05, 0.1) is 7.11 Å². The topological polar surface area (TPSA) is 80.5 Å². The average molecular weight is 474 g/mol. The molecular formula is C24H25F3N4O3. The summed E-state index contributed by atoms with van der Waals surface area (Å²) in [7, 11) is 3.73. The average Bonchev–Trinajstić information content (AvgIpc) is 3.34. The van der Waals surface area contributed by atoms with Crippen molar-refractivity contribution in [1.29, 1.82) is 0 Å². The number of hydrogen-bond donors (Lipinski definition) is 1. The van der Waals surface area contributed by atoms with Gasteiger partial charge in [0.25, 0.3) is 5.91 Å². The molecule has 0 saturated carbocycles. The van der Waals surface area contributed by atoms with Crippen LogP contribution >= 0.6 is 0 Å². The Balaban J connectivity index is 1.32. The van der Waals surface area contributed by atoms with Gasteiger partial charge >= 0.3 is 12.1 Å². The van der Waals surface area contributed by atoms with Gasteiger partial charge < -0.3 is 19.5 Å². The maximum absolute atomic E-state index is 12.7. The summed E-state index contributed by atoms with van der Waals surface area (Å²) >= 11 is 0. The highest BCUT2D eigenvalue weighted by Crippen LogP contribution is 2.31. The molecule has 0 spiro atoms. The van der Waals surface area contributed by atoms with Crippen molar-refractivity contribution in [2.24, 2.45) is 0 Å². The standard InChI is InChI=1S/C24H25F3N4O3/c1-31(18-9-10-19-15(14-18)5-4-8-20(19)33-2)12-11-28-22(32)17-7-3-6-16(13-17)21-29-23(34-30-21)24(25,26)27/h3-8,13,18H,9-12,14H2,1-2H3,(H,28,32). The number of amides is 1. The molecule has 0 radical (unpaired) electrons. The zero-order valence-electron chi connectivity index (χ0n) is 18.9. The van der Waals surface area contributed by atoms with Crippen LogP contribution in [0, 0.1) is 0 Å². The molecule has 1 heterocycles. The Morgan fingerprint density at radius 3 is 2.79 bits per heavy atom. The summed E-state index contributed by atoms with van der Waals surface area (Å²) in [6.07, 6.45) is -1.85. The molecule has 0 fully saturated rings. The number of carbonyl (C=O) groups excluding carboxylic acids is 1. The van der Waals surface area contributed by atoms with E-state index in [-0.39, 0.29) is 17.3 Å². The van der Waals surface area contributed by atoms with E-state index in [9.17, 15) is 18.0 Å². The van der Waals surface area contributed by atoms with E-state index in [0.29, 0.717) is 24.7 Å². The number of halogens is 3. The zero-order valence-corrected chi connectivity index (χ0v) is 18.9. The van der Waals surface area contributed by atoms with E-state index in [1.807, 2.05) is 19.2 Å². The third kappa shape index (κ3) is 5.22. The molecule has 0 bridgehead atoms. The van der Waals surface area contributed by atoms with Crippen LogP contribution in [-0.2, 0) is 19.0 Å². The highest BCUT2D eigenvalue weighted by Gasteiger charge is 2.38. The summed E-state index contributed by atoms with van der Waals surface area (Å²) < 4.78 is 47.8. The molecule has 34 heavy (non-hydrogen) atoms. The van der Waals surface area contributed by atoms with Gasteiger partial charge in [-0.25, -0.2) is 0 Å². The molecule has 7 nitrogen and oxygen atoms in total. The number of alkyl halides is 3. The van der Waals surface area contributed by atoms with Crippen molar-refractivity contribution in [3.8, 4) is 17.1 Å². The first-order chi connectivity index (χ1) is 16.3. The fourth-order valence-electron chi connectivity index (χ4n) is 4.21. The lowest BCUT2D eigenvalue weighted by Gasteiger charge is -2.33. The zero-order chi connectivity index (χ0) is 24.3. The van der Waals surface area contributed by atoms with Crippen LogP contribution in [-0.4, -0.2) is 54.2 Å². The molecule has 0 aliphatic heterocycles. The largest absolute Gasteiger partial charge is 0.496 e. The van der Waals surface area contributed by atoms with E-state index >= 15 is 0 Å². The van der Waals surface area contributed by atoms with Gasteiger partial charge in [-0.15, -0.1) is 0 Å². The van der Waals surface area contributed by atoms with Gasteiger partial charge in [0.2, 0.25) is 5.82 Å². The minimum atomic E-state index is -4.72. The second-order valence-corrected chi connectivity index (χ2v) is 8.23. The van der Waals surface area contributed by atoms with E-state index < -0.39 is 12.1 Å². The number of likely N-dealkylation sites (N-methyl/N-ethyl adjacent to an activating group) is 1. The van der Waals surface area contributed by atoms with Gasteiger partial charge in [-0.1, -0.05) is 29.4 Å².